The van der Waals surface area contributed by atoms with Gasteiger partial charge in [0.2, 0.25) is 0 Å². The molecular formula is C25H21N. The fourth-order valence-electron chi connectivity index (χ4n) is 4.40. The molecule has 0 radical (unpaired) electrons. The minimum absolute atomic E-state index is 1.01. The number of hydrogen-bond acceptors (Lipinski definition) is 1. The van der Waals surface area contributed by atoms with Crippen molar-refractivity contribution < 1.29 is 0 Å². The number of nitrogens with zero attached hydrogens (tertiary/aromatic N) is 1. The lowest BCUT2D eigenvalue weighted by Crippen LogP contribution is -2.13. The highest BCUT2D eigenvalue weighted by atomic mass is 15.1. The van der Waals surface area contributed by atoms with Crippen molar-refractivity contribution in [2.45, 2.75) is 13.3 Å². The molecule has 0 saturated heterocycles. The average Bonchev–Trinajstić information content (AvgIpc) is 3.05. The van der Waals surface area contributed by atoms with Gasteiger partial charge in [-0.25, -0.2) is 0 Å². The van der Waals surface area contributed by atoms with Crippen LogP contribution in [0.2, 0.25) is 0 Å². The summed E-state index contributed by atoms with van der Waals surface area (Å²) in [5.74, 6) is 0. The zero-order valence-electron chi connectivity index (χ0n) is 15.2. The van der Waals surface area contributed by atoms with Crippen LogP contribution in [0.1, 0.15) is 16.7 Å². The van der Waals surface area contributed by atoms with E-state index < -0.39 is 0 Å². The monoisotopic (exact) mass is 335 g/mol. The van der Waals surface area contributed by atoms with Gasteiger partial charge in [0.05, 0.1) is 0 Å². The third-order valence-corrected chi connectivity index (χ3v) is 5.62. The molecule has 0 bridgehead atoms. The van der Waals surface area contributed by atoms with Crippen LogP contribution in [-0.2, 0) is 6.42 Å². The molecule has 0 unspecified atom stereocenters. The minimum atomic E-state index is 1.01. The van der Waals surface area contributed by atoms with E-state index in [0.29, 0.717) is 0 Å². The number of fused-ring (bicyclic) bond motifs is 4. The van der Waals surface area contributed by atoms with Crippen molar-refractivity contribution in [2.75, 3.05) is 11.9 Å². The molecule has 0 heterocycles. The predicted molar refractivity (Wildman–Crippen MR) is 111 cm³/mol. The Morgan fingerprint density at radius 3 is 2.42 bits per heavy atom. The molecule has 1 nitrogen and oxygen atoms in total. The summed E-state index contributed by atoms with van der Waals surface area (Å²) < 4.78 is 0. The molecule has 26 heavy (non-hydrogen) atoms. The maximum Gasteiger partial charge on any atom is 0.0487 e. The van der Waals surface area contributed by atoms with Gasteiger partial charge in [0.25, 0.3) is 0 Å². The fourth-order valence-corrected chi connectivity index (χ4v) is 4.40. The zero-order valence-corrected chi connectivity index (χ0v) is 15.2. The van der Waals surface area contributed by atoms with E-state index in [1.165, 1.54) is 50.0 Å². The Bertz CT molecular complexity index is 1130. The van der Waals surface area contributed by atoms with Crippen molar-refractivity contribution in [3.63, 3.8) is 0 Å². The van der Waals surface area contributed by atoms with Crippen LogP contribution < -0.4 is 4.90 Å². The van der Waals surface area contributed by atoms with E-state index in [1.807, 2.05) is 0 Å². The van der Waals surface area contributed by atoms with Crippen molar-refractivity contribution in [1.82, 2.24) is 0 Å². The van der Waals surface area contributed by atoms with Gasteiger partial charge in [-0.05, 0) is 46.2 Å². The molecule has 4 aromatic carbocycles. The molecule has 0 N–H and O–H groups in total. The quantitative estimate of drug-likeness (QED) is 0.356. The number of anilines is 2. The van der Waals surface area contributed by atoms with Crippen LogP contribution in [0.5, 0.6) is 0 Å². The largest absolute Gasteiger partial charge is 0.344 e. The molecule has 126 valence electrons. The third kappa shape index (κ3) is 2.17. The second kappa shape index (κ2) is 5.74. The van der Waals surface area contributed by atoms with Gasteiger partial charge in [-0.2, -0.15) is 0 Å². The first-order chi connectivity index (χ1) is 12.7. The van der Waals surface area contributed by atoms with E-state index >= 15 is 0 Å². The van der Waals surface area contributed by atoms with E-state index in [-0.39, 0.29) is 0 Å². The lowest BCUT2D eigenvalue weighted by Gasteiger charge is -2.26. The van der Waals surface area contributed by atoms with Crippen LogP contribution in [0.3, 0.4) is 0 Å². The summed E-state index contributed by atoms with van der Waals surface area (Å²) >= 11 is 0. The molecule has 0 aliphatic heterocycles. The van der Waals surface area contributed by atoms with Crippen LogP contribution in [0, 0.1) is 6.92 Å². The van der Waals surface area contributed by atoms with Gasteiger partial charge >= 0.3 is 0 Å². The van der Waals surface area contributed by atoms with E-state index in [0.717, 1.165) is 6.42 Å². The molecule has 0 atom stereocenters. The maximum absolute atomic E-state index is 2.38. The van der Waals surface area contributed by atoms with Crippen LogP contribution in [-0.4, -0.2) is 7.05 Å². The van der Waals surface area contributed by atoms with Crippen molar-refractivity contribution >= 4 is 22.1 Å². The highest BCUT2D eigenvalue weighted by Gasteiger charge is 2.24. The first-order valence-corrected chi connectivity index (χ1v) is 9.16. The Morgan fingerprint density at radius 2 is 1.50 bits per heavy atom. The molecule has 5 rings (SSSR count). The first-order valence-electron chi connectivity index (χ1n) is 9.16. The molecule has 0 fully saturated rings. The summed E-state index contributed by atoms with van der Waals surface area (Å²) in [5.41, 5.74) is 9.57. The summed E-state index contributed by atoms with van der Waals surface area (Å²) in [6.45, 7) is 2.22. The minimum Gasteiger partial charge on any atom is -0.344 e. The Balaban J connectivity index is 1.72. The second-order valence-corrected chi connectivity index (χ2v) is 7.15. The van der Waals surface area contributed by atoms with Crippen LogP contribution in [0.4, 0.5) is 11.4 Å². The normalized spacial score (nSPS) is 12.1. The summed E-state index contributed by atoms with van der Waals surface area (Å²) in [4.78, 5) is 2.38. The summed E-state index contributed by atoms with van der Waals surface area (Å²) in [7, 11) is 2.20. The molecule has 4 aromatic rings. The Labute approximate surface area is 154 Å². The Kier molecular flexibility index (Phi) is 3.36. The topological polar surface area (TPSA) is 3.24 Å². The summed E-state index contributed by atoms with van der Waals surface area (Å²) in [6.07, 6.45) is 1.01. The maximum atomic E-state index is 2.38. The third-order valence-electron chi connectivity index (χ3n) is 5.62. The zero-order chi connectivity index (χ0) is 17.7. The second-order valence-electron chi connectivity index (χ2n) is 7.15. The molecule has 0 saturated carbocycles. The van der Waals surface area contributed by atoms with E-state index in [9.17, 15) is 0 Å². The highest BCUT2D eigenvalue weighted by Crippen LogP contribution is 2.44. The Morgan fingerprint density at radius 1 is 0.731 bits per heavy atom. The molecule has 1 aliphatic rings. The van der Waals surface area contributed by atoms with Crippen molar-refractivity contribution in [3.05, 3.63) is 95.6 Å². The van der Waals surface area contributed by atoms with Gasteiger partial charge in [0.1, 0.15) is 0 Å². The SMILES string of the molecule is Cc1ccc2c(c1N(C)c1cccc3ccccc13)Cc1ccccc1-2. The van der Waals surface area contributed by atoms with Gasteiger partial charge in [-0.1, -0.05) is 72.8 Å². The van der Waals surface area contributed by atoms with Gasteiger partial charge < -0.3 is 4.90 Å². The van der Waals surface area contributed by atoms with Crippen molar-refractivity contribution in [3.8, 4) is 11.1 Å². The number of benzene rings is 4. The smallest absolute Gasteiger partial charge is 0.0487 e. The van der Waals surface area contributed by atoms with Crippen LogP contribution in [0.25, 0.3) is 21.9 Å². The molecule has 1 aliphatic carbocycles. The van der Waals surface area contributed by atoms with Crippen LogP contribution in [0.15, 0.2) is 78.9 Å². The summed E-state index contributed by atoms with van der Waals surface area (Å²) in [6, 6.07) is 28.5. The average molecular weight is 335 g/mol. The van der Waals surface area contributed by atoms with Crippen LogP contribution >= 0.6 is 0 Å². The molecule has 0 spiro atoms. The molecule has 0 amide bonds. The van der Waals surface area contributed by atoms with Crippen molar-refractivity contribution in [2.24, 2.45) is 0 Å². The predicted octanol–water partition coefficient (Wildman–Crippen LogP) is 6.49. The van der Waals surface area contributed by atoms with E-state index in [1.54, 1.807) is 0 Å². The lowest BCUT2D eigenvalue weighted by molar-refractivity contribution is 1.14. The van der Waals surface area contributed by atoms with E-state index in [2.05, 4.69) is 97.7 Å². The standard InChI is InChI=1S/C25H21N/c1-17-14-15-22-20-11-5-4-9-19(20)16-23(22)25(17)26(2)24-13-7-10-18-8-3-6-12-21(18)24/h3-15H,16H2,1-2H3. The number of aryl methyl sites for hydroxylation is 1. The first kappa shape index (κ1) is 15.2. The molecule has 1 heteroatoms. The molecular weight excluding hydrogens is 314 g/mol. The fraction of sp³-hybridized carbons (Fsp3) is 0.120. The van der Waals surface area contributed by atoms with Gasteiger partial charge in [-0.15, -0.1) is 0 Å². The van der Waals surface area contributed by atoms with Gasteiger partial charge in [-0.3, -0.25) is 0 Å². The number of rotatable bonds is 2. The highest BCUT2D eigenvalue weighted by molar-refractivity contribution is 5.97. The van der Waals surface area contributed by atoms with Gasteiger partial charge in [0.15, 0.2) is 0 Å². The lowest BCUT2D eigenvalue weighted by atomic mass is 9.99. The summed E-state index contributed by atoms with van der Waals surface area (Å²) in [5, 5.41) is 2.58. The number of hydrogen-bond donors (Lipinski definition) is 0. The van der Waals surface area contributed by atoms with Gasteiger partial charge in [0, 0.05) is 30.2 Å². The van der Waals surface area contributed by atoms with Crippen molar-refractivity contribution in [1.29, 1.82) is 0 Å². The molecule has 0 aromatic heterocycles. The Hall–Kier alpha value is -3.06. The van der Waals surface area contributed by atoms with E-state index in [4.69, 9.17) is 0 Å².